The first-order valence-corrected chi connectivity index (χ1v) is 5.10. The number of nitrogens with zero attached hydrogens (tertiary/aromatic N) is 3. The molecule has 0 spiro atoms. The first-order chi connectivity index (χ1) is 7.33. The Balaban J connectivity index is 2.32. The predicted molar refractivity (Wildman–Crippen MR) is 59.3 cm³/mol. The molecule has 0 fully saturated rings. The second-order valence-electron chi connectivity index (χ2n) is 3.64. The molecule has 1 aromatic carbocycles. The van der Waals surface area contributed by atoms with E-state index in [1.54, 1.807) is 0 Å². The van der Waals surface area contributed by atoms with E-state index in [0.29, 0.717) is 6.42 Å². The zero-order chi connectivity index (χ0) is 10.7. The normalized spacial score (nSPS) is 10.4. The van der Waals surface area contributed by atoms with E-state index in [0.717, 1.165) is 18.5 Å². The van der Waals surface area contributed by atoms with Crippen molar-refractivity contribution in [3.05, 3.63) is 30.1 Å². The monoisotopic (exact) mass is 199 g/mol. The summed E-state index contributed by atoms with van der Waals surface area (Å²) in [6.45, 7) is 2.96. The van der Waals surface area contributed by atoms with Gasteiger partial charge in [-0.15, -0.1) is 0 Å². The van der Waals surface area contributed by atoms with Crippen LogP contribution in [0.3, 0.4) is 0 Å². The van der Waals surface area contributed by atoms with E-state index in [1.807, 2.05) is 18.5 Å². The zero-order valence-corrected chi connectivity index (χ0v) is 8.77. The molecular formula is C12H13N3. The first kappa shape index (κ1) is 9.72. The molecule has 0 aliphatic carbocycles. The molecule has 2 rings (SSSR count). The van der Waals surface area contributed by atoms with Crippen LogP contribution in [-0.2, 0) is 6.54 Å². The molecule has 0 N–H and O–H groups in total. The van der Waals surface area contributed by atoms with E-state index in [-0.39, 0.29) is 0 Å². The molecule has 0 radical (unpaired) electrons. The number of aromatic nitrogens is 2. The van der Waals surface area contributed by atoms with Crippen LogP contribution in [-0.4, -0.2) is 9.55 Å². The highest BCUT2D eigenvalue weighted by molar-refractivity contribution is 5.78. The third-order valence-corrected chi connectivity index (χ3v) is 2.53. The minimum Gasteiger partial charge on any atom is -0.330 e. The Bertz CT molecular complexity index is 505. The summed E-state index contributed by atoms with van der Waals surface area (Å²) >= 11 is 0. The van der Waals surface area contributed by atoms with Crippen molar-refractivity contribution in [2.45, 2.75) is 26.3 Å². The number of benzene rings is 1. The average molecular weight is 199 g/mol. The van der Waals surface area contributed by atoms with Crippen molar-refractivity contribution in [2.24, 2.45) is 0 Å². The van der Waals surface area contributed by atoms with Crippen LogP contribution in [0.5, 0.6) is 0 Å². The molecule has 0 aliphatic heterocycles. The van der Waals surface area contributed by atoms with Crippen molar-refractivity contribution in [3.8, 4) is 6.07 Å². The molecule has 1 heterocycles. The van der Waals surface area contributed by atoms with E-state index in [2.05, 4.69) is 28.6 Å². The van der Waals surface area contributed by atoms with Crippen LogP contribution in [0, 0.1) is 18.3 Å². The van der Waals surface area contributed by atoms with Gasteiger partial charge in [0.1, 0.15) is 0 Å². The minimum atomic E-state index is 0.603. The number of para-hydroxylation sites is 1. The lowest BCUT2D eigenvalue weighted by molar-refractivity contribution is 0.668. The highest BCUT2D eigenvalue weighted by Crippen LogP contribution is 2.17. The maximum absolute atomic E-state index is 8.49. The molecule has 0 amide bonds. The van der Waals surface area contributed by atoms with E-state index < -0.39 is 0 Å². The number of hydrogen-bond donors (Lipinski definition) is 0. The Kier molecular flexibility index (Phi) is 2.68. The number of fused-ring (bicyclic) bond motifs is 1. The molecule has 3 heteroatoms. The lowest BCUT2D eigenvalue weighted by Crippen LogP contribution is -1.96. The van der Waals surface area contributed by atoms with Crippen molar-refractivity contribution in [1.29, 1.82) is 5.26 Å². The van der Waals surface area contributed by atoms with Gasteiger partial charge in [0.05, 0.1) is 23.4 Å². The number of imidazole rings is 1. The number of nitriles is 1. The van der Waals surface area contributed by atoms with Gasteiger partial charge in [0.25, 0.3) is 0 Å². The van der Waals surface area contributed by atoms with Gasteiger partial charge in [-0.3, -0.25) is 0 Å². The van der Waals surface area contributed by atoms with Crippen molar-refractivity contribution < 1.29 is 0 Å². The van der Waals surface area contributed by atoms with E-state index in [1.165, 1.54) is 11.1 Å². The van der Waals surface area contributed by atoms with Gasteiger partial charge < -0.3 is 4.57 Å². The fourth-order valence-corrected chi connectivity index (χ4v) is 1.81. The predicted octanol–water partition coefficient (Wildman–Crippen LogP) is 2.65. The summed E-state index contributed by atoms with van der Waals surface area (Å²) in [5.74, 6) is 0. The number of unbranched alkanes of at least 4 members (excludes halogenated alkanes) is 1. The molecule has 2 aromatic rings. The lowest BCUT2D eigenvalue weighted by Gasteiger charge is -2.04. The van der Waals surface area contributed by atoms with Crippen LogP contribution >= 0.6 is 0 Å². The Morgan fingerprint density at radius 2 is 2.33 bits per heavy atom. The summed E-state index contributed by atoms with van der Waals surface area (Å²) in [4.78, 5) is 4.34. The van der Waals surface area contributed by atoms with Gasteiger partial charge in [0.15, 0.2) is 0 Å². The molecule has 0 saturated carbocycles. The smallest absolute Gasteiger partial charge is 0.0958 e. The summed E-state index contributed by atoms with van der Waals surface area (Å²) in [6.07, 6.45) is 3.34. The molecule has 3 nitrogen and oxygen atoms in total. The minimum absolute atomic E-state index is 0.603. The standard InChI is InChI=1S/C12H13N3/c1-10-5-4-6-11-12(10)15(9-14-11)8-3-2-7-13/h4-6,9H,2-3,8H2,1H3. The Labute approximate surface area is 89.0 Å². The molecular weight excluding hydrogens is 186 g/mol. The van der Waals surface area contributed by atoms with Gasteiger partial charge in [0.2, 0.25) is 0 Å². The molecule has 0 saturated heterocycles. The van der Waals surface area contributed by atoms with Gasteiger partial charge in [-0.1, -0.05) is 12.1 Å². The molecule has 1 aromatic heterocycles. The van der Waals surface area contributed by atoms with Crippen molar-refractivity contribution in [2.75, 3.05) is 0 Å². The molecule has 0 unspecified atom stereocenters. The molecule has 0 atom stereocenters. The maximum Gasteiger partial charge on any atom is 0.0958 e. The quantitative estimate of drug-likeness (QED) is 0.713. The molecule has 0 bridgehead atoms. The topological polar surface area (TPSA) is 41.6 Å². The second-order valence-corrected chi connectivity index (χ2v) is 3.64. The zero-order valence-electron chi connectivity index (χ0n) is 8.77. The van der Waals surface area contributed by atoms with Gasteiger partial charge in [-0.2, -0.15) is 5.26 Å². The van der Waals surface area contributed by atoms with Crippen molar-refractivity contribution in [1.82, 2.24) is 9.55 Å². The van der Waals surface area contributed by atoms with Crippen LogP contribution in [0.25, 0.3) is 11.0 Å². The van der Waals surface area contributed by atoms with Crippen LogP contribution in [0.4, 0.5) is 0 Å². The Hall–Kier alpha value is -1.82. The number of hydrogen-bond acceptors (Lipinski definition) is 2. The molecule has 15 heavy (non-hydrogen) atoms. The van der Waals surface area contributed by atoms with Crippen LogP contribution in [0.1, 0.15) is 18.4 Å². The number of rotatable bonds is 3. The highest BCUT2D eigenvalue weighted by atomic mass is 15.0. The van der Waals surface area contributed by atoms with Gasteiger partial charge in [0, 0.05) is 13.0 Å². The lowest BCUT2D eigenvalue weighted by atomic mass is 10.2. The maximum atomic E-state index is 8.49. The van der Waals surface area contributed by atoms with Crippen LogP contribution in [0.15, 0.2) is 24.5 Å². The fourth-order valence-electron chi connectivity index (χ4n) is 1.81. The summed E-state index contributed by atoms with van der Waals surface area (Å²) in [5.41, 5.74) is 3.46. The highest BCUT2D eigenvalue weighted by Gasteiger charge is 2.03. The molecule has 0 aliphatic rings. The Morgan fingerprint density at radius 3 is 3.13 bits per heavy atom. The van der Waals surface area contributed by atoms with Gasteiger partial charge in [-0.25, -0.2) is 4.98 Å². The summed E-state index contributed by atoms with van der Waals surface area (Å²) in [7, 11) is 0. The van der Waals surface area contributed by atoms with Crippen LogP contribution in [0.2, 0.25) is 0 Å². The third kappa shape index (κ3) is 1.84. The average Bonchev–Trinajstić information content (AvgIpc) is 2.63. The largest absolute Gasteiger partial charge is 0.330 e. The fraction of sp³-hybridized carbons (Fsp3) is 0.333. The summed E-state index contributed by atoms with van der Waals surface area (Å²) in [6, 6.07) is 8.28. The van der Waals surface area contributed by atoms with Gasteiger partial charge in [-0.05, 0) is 25.0 Å². The first-order valence-electron chi connectivity index (χ1n) is 5.10. The van der Waals surface area contributed by atoms with Crippen molar-refractivity contribution >= 4 is 11.0 Å². The summed E-state index contributed by atoms with van der Waals surface area (Å²) in [5, 5.41) is 8.49. The second kappa shape index (κ2) is 4.14. The summed E-state index contributed by atoms with van der Waals surface area (Å²) < 4.78 is 2.13. The molecule has 76 valence electrons. The number of aryl methyl sites for hydroxylation is 2. The van der Waals surface area contributed by atoms with E-state index in [9.17, 15) is 0 Å². The van der Waals surface area contributed by atoms with Crippen molar-refractivity contribution in [3.63, 3.8) is 0 Å². The van der Waals surface area contributed by atoms with E-state index in [4.69, 9.17) is 5.26 Å². The Morgan fingerprint density at radius 1 is 1.47 bits per heavy atom. The van der Waals surface area contributed by atoms with E-state index >= 15 is 0 Å². The van der Waals surface area contributed by atoms with Crippen LogP contribution < -0.4 is 0 Å². The van der Waals surface area contributed by atoms with Gasteiger partial charge >= 0.3 is 0 Å². The third-order valence-electron chi connectivity index (χ3n) is 2.53. The SMILES string of the molecule is Cc1cccc2ncn(CCCC#N)c12.